The Morgan fingerprint density at radius 3 is 1.83 bits per heavy atom. The van der Waals surface area contributed by atoms with Crippen LogP contribution in [0.1, 0.15) is 25.7 Å². The van der Waals surface area contributed by atoms with Crippen LogP contribution >= 0.6 is 22.2 Å². The minimum Gasteiger partial charge on any atom is -0.324 e. The van der Waals surface area contributed by atoms with Crippen LogP contribution in [0, 0.1) is 0 Å². The highest BCUT2D eigenvalue weighted by molar-refractivity contribution is 7.15. The minimum atomic E-state index is -1.16. The third-order valence-corrected chi connectivity index (χ3v) is 10.2. The van der Waals surface area contributed by atoms with Gasteiger partial charge in [0.25, 0.3) is 0 Å². The number of rotatable bonds is 3. The van der Waals surface area contributed by atoms with Gasteiger partial charge < -0.3 is 4.23 Å². The fraction of sp³-hybridized carbons (Fsp3) is 1.00. The summed E-state index contributed by atoms with van der Waals surface area (Å²) < 4.78 is 2.48. The van der Waals surface area contributed by atoms with E-state index in [4.69, 9.17) is 22.2 Å². The summed E-state index contributed by atoms with van der Waals surface area (Å²) in [5, 5.41) is 0. The first-order chi connectivity index (χ1) is 5.63. The predicted molar refractivity (Wildman–Crippen MR) is 61.8 cm³/mol. The molecule has 0 heterocycles. The monoisotopic (exact) mass is 241 g/mol. The number of hydrogen-bond acceptors (Lipinski definition) is 1. The Bertz CT molecular complexity index is 129. The van der Waals surface area contributed by atoms with Crippen molar-refractivity contribution in [1.29, 1.82) is 0 Å². The maximum atomic E-state index is 6.23. The Balaban J connectivity index is 2.52. The highest BCUT2D eigenvalue weighted by atomic mass is 35.6. The van der Waals surface area contributed by atoms with Gasteiger partial charge in [0.15, 0.2) is 0 Å². The molecule has 0 amide bonds. The van der Waals surface area contributed by atoms with Crippen LogP contribution in [-0.2, 0) is 0 Å². The molecule has 1 aliphatic rings. The molecule has 0 aromatic rings. The summed E-state index contributed by atoms with van der Waals surface area (Å²) in [5.41, 5.74) is 0. The molecule has 1 saturated carbocycles. The van der Waals surface area contributed by atoms with Crippen molar-refractivity contribution in [3.05, 3.63) is 0 Å². The van der Waals surface area contributed by atoms with Gasteiger partial charge in [0.1, 0.15) is 0 Å². The summed E-state index contributed by atoms with van der Waals surface area (Å²) >= 11 is 12.5. The zero-order chi connectivity index (χ0) is 9.14. The van der Waals surface area contributed by atoms with Crippen molar-refractivity contribution in [3.8, 4) is 0 Å². The first kappa shape index (κ1) is 11.1. The predicted octanol–water partition coefficient (Wildman–Crippen LogP) is 2.41. The van der Waals surface area contributed by atoms with Gasteiger partial charge in [-0.05, 0) is 32.0 Å². The van der Waals surface area contributed by atoms with Crippen molar-refractivity contribution in [3.63, 3.8) is 0 Å². The second-order valence-electron chi connectivity index (χ2n) is 3.53. The van der Waals surface area contributed by atoms with E-state index in [1.54, 1.807) is 0 Å². The van der Waals surface area contributed by atoms with Gasteiger partial charge >= 0.3 is 0 Å². The zero-order valence-corrected chi connectivity index (χ0v) is 11.6. The SMILES string of the molecule is C[SiH](Cl)N(C1CCCC1)[SiH](C)Cl. The molecule has 0 bridgehead atoms. The summed E-state index contributed by atoms with van der Waals surface area (Å²) in [6, 6.07) is 0.739. The number of nitrogens with zero attached hydrogens (tertiary/aromatic N) is 1. The molecule has 0 spiro atoms. The Labute approximate surface area is 87.8 Å². The first-order valence-corrected chi connectivity index (χ1v) is 11.5. The van der Waals surface area contributed by atoms with E-state index in [9.17, 15) is 0 Å². The lowest BCUT2D eigenvalue weighted by Crippen LogP contribution is -2.46. The smallest absolute Gasteiger partial charge is 0.205 e. The molecule has 0 aromatic heterocycles. The van der Waals surface area contributed by atoms with E-state index in [2.05, 4.69) is 17.3 Å². The van der Waals surface area contributed by atoms with Crippen LogP contribution < -0.4 is 0 Å². The largest absolute Gasteiger partial charge is 0.324 e. The van der Waals surface area contributed by atoms with Gasteiger partial charge in [-0.1, -0.05) is 12.8 Å². The minimum absolute atomic E-state index is 0.739. The van der Waals surface area contributed by atoms with Gasteiger partial charge in [0.2, 0.25) is 16.5 Å². The lowest BCUT2D eigenvalue weighted by Gasteiger charge is -2.32. The molecule has 2 unspecified atom stereocenters. The Hall–Kier alpha value is 0.974. The highest BCUT2D eigenvalue weighted by Crippen LogP contribution is 2.26. The molecule has 2 atom stereocenters. The van der Waals surface area contributed by atoms with Gasteiger partial charge in [0.05, 0.1) is 0 Å². The number of hydrogen-bond donors (Lipinski definition) is 0. The molecule has 0 N–H and O–H groups in total. The third-order valence-electron chi connectivity index (χ3n) is 2.57. The molecule has 12 heavy (non-hydrogen) atoms. The van der Waals surface area contributed by atoms with E-state index in [1.165, 1.54) is 25.7 Å². The van der Waals surface area contributed by atoms with Crippen molar-refractivity contribution in [2.75, 3.05) is 0 Å². The summed E-state index contributed by atoms with van der Waals surface area (Å²) in [6.45, 7) is 4.34. The van der Waals surface area contributed by atoms with Crippen LogP contribution in [0.5, 0.6) is 0 Å². The Kier molecular flexibility index (Phi) is 4.61. The molecule has 0 aliphatic heterocycles. The fourth-order valence-electron chi connectivity index (χ4n) is 2.07. The molecule has 0 saturated heterocycles. The fourth-order valence-corrected chi connectivity index (χ4v) is 10.6. The van der Waals surface area contributed by atoms with Gasteiger partial charge in [-0.3, -0.25) is 0 Å². The molecule has 1 fully saturated rings. The first-order valence-electron chi connectivity index (χ1n) is 4.68. The number of halogens is 2. The van der Waals surface area contributed by atoms with Crippen molar-refractivity contribution in [2.24, 2.45) is 0 Å². The molecule has 0 radical (unpaired) electrons. The second kappa shape index (κ2) is 5.00. The summed E-state index contributed by atoms with van der Waals surface area (Å²) in [5.74, 6) is 0. The Morgan fingerprint density at radius 2 is 1.50 bits per heavy atom. The normalized spacial score (nSPS) is 24.8. The van der Waals surface area contributed by atoms with Crippen LogP contribution in [0.15, 0.2) is 0 Å². The van der Waals surface area contributed by atoms with Crippen LogP contribution in [0.2, 0.25) is 13.1 Å². The molecule has 1 rings (SSSR count). The van der Waals surface area contributed by atoms with Gasteiger partial charge in [-0.15, -0.1) is 0 Å². The average molecular weight is 242 g/mol. The van der Waals surface area contributed by atoms with E-state index in [0.717, 1.165) is 6.04 Å². The summed E-state index contributed by atoms with van der Waals surface area (Å²) in [7, 11) is -2.32. The summed E-state index contributed by atoms with van der Waals surface area (Å²) in [6.07, 6.45) is 5.40. The van der Waals surface area contributed by atoms with Gasteiger partial charge in [-0.2, -0.15) is 22.2 Å². The molecule has 72 valence electrons. The maximum Gasteiger partial charge on any atom is 0.205 e. The molecule has 1 aliphatic carbocycles. The average Bonchev–Trinajstić information content (AvgIpc) is 2.37. The Morgan fingerprint density at radius 1 is 1.08 bits per heavy atom. The third kappa shape index (κ3) is 2.74. The lowest BCUT2D eigenvalue weighted by molar-refractivity contribution is 0.478. The molecular formula is C7H17Cl2NSi2. The van der Waals surface area contributed by atoms with E-state index in [0.29, 0.717) is 0 Å². The topological polar surface area (TPSA) is 3.24 Å². The summed E-state index contributed by atoms with van der Waals surface area (Å²) in [4.78, 5) is 0. The van der Waals surface area contributed by atoms with Crippen molar-refractivity contribution >= 4 is 38.7 Å². The van der Waals surface area contributed by atoms with Gasteiger partial charge in [0, 0.05) is 0 Å². The van der Waals surface area contributed by atoms with Crippen LogP contribution in [0.4, 0.5) is 0 Å². The lowest BCUT2D eigenvalue weighted by atomic mass is 10.3. The van der Waals surface area contributed by atoms with Gasteiger partial charge in [-0.25, -0.2) is 0 Å². The molecule has 5 heteroatoms. The zero-order valence-electron chi connectivity index (χ0n) is 7.76. The second-order valence-corrected chi connectivity index (χ2v) is 11.4. The quantitative estimate of drug-likeness (QED) is 0.542. The van der Waals surface area contributed by atoms with E-state index in [1.807, 2.05) is 0 Å². The van der Waals surface area contributed by atoms with E-state index >= 15 is 0 Å². The van der Waals surface area contributed by atoms with Crippen LogP contribution in [0.25, 0.3) is 0 Å². The van der Waals surface area contributed by atoms with Crippen LogP contribution in [0.3, 0.4) is 0 Å². The van der Waals surface area contributed by atoms with Crippen molar-refractivity contribution in [1.82, 2.24) is 4.23 Å². The van der Waals surface area contributed by atoms with E-state index < -0.39 is 16.5 Å². The molecular weight excluding hydrogens is 225 g/mol. The van der Waals surface area contributed by atoms with Crippen molar-refractivity contribution in [2.45, 2.75) is 44.8 Å². The molecule has 1 nitrogen and oxygen atoms in total. The highest BCUT2D eigenvalue weighted by Gasteiger charge is 2.29. The van der Waals surface area contributed by atoms with Crippen molar-refractivity contribution < 1.29 is 0 Å². The standard InChI is InChI=1S/C7H17Cl2NSi2/c1-11(8)10(12(2)9)7-5-3-4-6-7/h7,11-12H,3-6H2,1-2H3. The van der Waals surface area contributed by atoms with Crippen LogP contribution in [-0.4, -0.2) is 26.8 Å². The van der Waals surface area contributed by atoms with E-state index in [-0.39, 0.29) is 0 Å². The maximum absolute atomic E-state index is 6.23. The molecule has 0 aromatic carbocycles.